The monoisotopic (exact) mass is 222 g/mol. The van der Waals surface area contributed by atoms with E-state index in [4.69, 9.17) is 11.6 Å². The van der Waals surface area contributed by atoms with Crippen LogP contribution in [0.1, 0.15) is 47.8 Å². The predicted octanol–water partition coefficient (Wildman–Crippen LogP) is 4.77. The van der Waals surface area contributed by atoms with Crippen LogP contribution in [0, 0.1) is 19.8 Å². The Kier molecular flexibility index (Phi) is 3.35. The van der Waals surface area contributed by atoms with Crippen LogP contribution >= 0.6 is 11.6 Å². The fourth-order valence-corrected chi connectivity index (χ4v) is 2.82. The van der Waals surface area contributed by atoms with Gasteiger partial charge in [0.2, 0.25) is 0 Å². The van der Waals surface area contributed by atoms with Crippen LogP contribution in [0.2, 0.25) is 0 Å². The molecule has 82 valence electrons. The standard InChI is InChI=1S/C14H19Cl/c1-10-6-7-13(11(2)8-10)14(15)9-12-4-3-5-12/h6-8,12,14H,3-5,9H2,1-2H3. The fraction of sp³-hybridized carbons (Fsp3) is 0.571. The van der Waals surface area contributed by atoms with Crippen molar-refractivity contribution in [2.24, 2.45) is 5.92 Å². The number of alkyl halides is 1. The molecule has 0 N–H and O–H groups in total. The first-order valence-corrected chi connectivity index (χ1v) is 6.31. The summed E-state index contributed by atoms with van der Waals surface area (Å²) in [5.74, 6) is 0.883. The van der Waals surface area contributed by atoms with E-state index < -0.39 is 0 Å². The van der Waals surface area contributed by atoms with Gasteiger partial charge in [0, 0.05) is 0 Å². The van der Waals surface area contributed by atoms with E-state index in [1.807, 2.05) is 0 Å². The molecule has 1 fully saturated rings. The summed E-state index contributed by atoms with van der Waals surface area (Å²) in [5, 5.41) is 0.218. The second kappa shape index (κ2) is 4.57. The van der Waals surface area contributed by atoms with E-state index in [1.54, 1.807) is 0 Å². The number of benzene rings is 1. The molecule has 1 unspecified atom stereocenters. The van der Waals surface area contributed by atoms with Crippen LogP contribution in [0.3, 0.4) is 0 Å². The minimum atomic E-state index is 0.218. The summed E-state index contributed by atoms with van der Waals surface area (Å²) in [6.07, 6.45) is 5.33. The van der Waals surface area contributed by atoms with Crippen molar-refractivity contribution in [3.8, 4) is 0 Å². The molecule has 0 nitrogen and oxygen atoms in total. The molecular weight excluding hydrogens is 204 g/mol. The van der Waals surface area contributed by atoms with Gasteiger partial charge < -0.3 is 0 Å². The lowest BCUT2D eigenvalue weighted by Crippen LogP contribution is -2.13. The second-order valence-electron chi connectivity index (χ2n) is 4.86. The normalized spacial score (nSPS) is 18.6. The van der Waals surface area contributed by atoms with Crippen LogP contribution in [-0.4, -0.2) is 0 Å². The largest absolute Gasteiger partial charge is 0.118 e. The van der Waals surface area contributed by atoms with Gasteiger partial charge in [0.05, 0.1) is 5.38 Å². The highest BCUT2D eigenvalue weighted by atomic mass is 35.5. The molecule has 1 aliphatic carbocycles. The highest BCUT2D eigenvalue weighted by Crippen LogP contribution is 2.38. The van der Waals surface area contributed by atoms with Crippen molar-refractivity contribution in [1.29, 1.82) is 0 Å². The molecule has 1 aliphatic rings. The van der Waals surface area contributed by atoms with Gasteiger partial charge in [-0.15, -0.1) is 11.6 Å². The fourth-order valence-electron chi connectivity index (χ4n) is 2.33. The number of hydrogen-bond donors (Lipinski definition) is 0. The molecule has 15 heavy (non-hydrogen) atoms. The molecule has 0 saturated heterocycles. The summed E-state index contributed by atoms with van der Waals surface area (Å²) in [6, 6.07) is 6.59. The maximum absolute atomic E-state index is 6.47. The van der Waals surface area contributed by atoms with Crippen molar-refractivity contribution in [2.45, 2.75) is 44.9 Å². The first-order chi connectivity index (χ1) is 7.16. The summed E-state index contributed by atoms with van der Waals surface area (Å²) in [4.78, 5) is 0. The Balaban J connectivity index is 2.06. The number of halogens is 1. The Labute approximate surface area is 97.6 Å². The molecule has 1 aromatic carbocycles. The lowest BCUT2D eigenvalue weighted by Gasteiger charge is -2.28. The summed E-state index contributed by atoms with van der Waals surface area (Å²) in [7, 11) is 0. The number of aryl methyl sites for hydroxylation is 2. The number of hydrogen-bond acceptors (Lipinski definition) is 0. The van der Waals surface area contributed by atoms with Crippen LogP contribution in [-0.2, 0) is 0 Å². The third-order valence-corrected chi connectivity index (χ3v) is 3.94. The topological polar surface area (TPSA) is 0 Å². The molecule has 1 heteroatoms. The van der Waals surface area contributed by atoms with Crippen LogP contribution in [0.5, 0.6) is 0 Å². The van der Waals surface area contributed by atoms with Crippen molar-refractivity contribution in [2.75, 3.05) is 0 Å². The molecule has 0 bridgehead atoms. The van der Waals surface area contributed by atoms with Gasteiger partial charge in [-0.1, -0.05) is 43.0 Å². The van der Waals surface area contributed by atoms with E-state index in [2.05, 4.69) is 32.0 Å². The van der Waals surface area contributed by atoms with E-state index >= 15 is 0 Å². The molecule has 1 atom stereocenters. The van der Waals surface area contributed by atoms with Crippen molar-refractivity contribution >= 4 is 11.6 Å². The number of rotatable bonds is 3. The molecule has 1 saturated carbocycles. The Morgan fingerprint density at radius 3 is 2.60 bits per heavy atom. The average Bonchev–Trinajstić information content (AvgIpc) is 2.11. The van der Waals surface area contributed by atoms with Gasteiger partial charge in [0.15, 0.2) is 0 Å². The zero-order valence-electron chi connectivity index (χ0n) is 9.59. The summed E-state index contributed by atoms with van der Waals surface area (Å²) >= 11 is 6.47. The molecular formula is C14H19Cl. The van der Waals surface area contributed by atoms with Gasteiger partial charge in [0.25, 0.3) is 0 Å². The first-order valence-electron chi connectivity index (χ1n) is 5.88. The van der Waals surface area contributed by atoms with Gasteiger partial charge in [-0.05, 0) is 37.3 Å². The molecule has 0 spiro atoms. The van der Waals surface area contributed by atoms with E-state index in [-0.39, 0.29) is 5.38 Å². The van der Waals surface area contributed by atoms with Gasteiger partial charge in [0.1, 0.15) is 0 Å². The molecule has 1 aromatic rings. The zero-order chi connectivity index (χ0) is 10.8. The van der Waals surface area contributed by atoms with Gasteiger partial charge >= 0.3 is 0 Å². The molecule has 0 heterocycles. The smallest absolute Gasteiger partial charge is 0.0590 e. The summed E-state index contributed by atoms with van der Waals surface area (Å²) < 4.78 is 0. The lowest BCUT2D eigenvalue weighted by molar-refractivity contribution is 0.293. The Morgan fingerprint density at radius 2 is 2.07 bits per heavy atom. The maximum Gasteiger partial charge on any atom is 0.0590 e. The highest BCUT2D eigenvalue weighted by Gasteiger charge is 2.22. The SMILES string of the molecule is Cc1ccc(C(Cl)CC2CCC2)c(C)c1. The van der Waals surface area contributed by atoms with Gasteiger partial charge in [-0.3, -0.25) is 0 Å². The average molecular weight is 223 g/mol. The zero-order valence-corrected chi connectivity index (χ0v) is 10.3. The van der Waals surface area contributed by atoms with Crippen LogP contribution in [0.15, 0.2) is 18.2 Å². The van der Waals surface area contributed by atoms with E-state index in [0.717, 1.165) is 12.3 Å². The third-order valence-electron chi connectivity index (χ3n) is 3.53. The Hall–Kier alpha value is -0.490. The molecule has 0 aliphatic heterocycles. The minimum Gasteiger partial charge on any atom is -0.118 e. The Morgan fingerprint density at radius 1 is 1.33 bits per heavy atom. The highest BCUT2D eigenvalue weighted by molar-refractivity contribution is 6.20. The van der Waals surface area contributed by atoms with Crippen LogP contribution in [0.25, 0.3) is 0 Å². The maximum atomic E-state index is 6.47. The van der Waals surface area contributed by atoms with Crippen LogP contribution in [0.4, 0.5) is 0 Å². The summed E-state index contributed by atoms with van der Waals surface area (Å²) in [6.45, 7) is 4.30. The Bertz CT molecular complexity index is 339. The molecule has 0 aromatic heterocycles. The van der Waals surface area contributed by atoms with E-state index in [9.17, 15) is 0 Å². The predicted molar refractivity (Wildman–Crippen MR) is 66.5 cm³/mol. The molecule has 2 rings (SSSR count). The summed E-state index contributed by atoms with van der Waals surface area (Å²) in [5.41, 5.74) is 3.99. The van der Waals surface area contributed by atoms with E-state index in [1.165, 1.54) is 36.0 Å². The molecule has 0 amide bonds. The third kappa shape index (κ3) is 2.55. The lowest BCUT2D eigenvalue weighted by atomic mass is 9.81. The van der Waals surface area contributed by atoms with Crippen LogP contribution < -0.4 is 0 Å². The minimum absolute atomic E-state index is 0.218. The van der Waals surface area contributed by atoms with E-state index in [0.29, 0.717) is 0 Å². The van der Waals surface area contributed by atoms with Crippen molar-refractivity contribution in [3.05, 3.63) is 34.9 Å². The van der Waals surface area contributed by atoms with Crippen molar-refractivity contribution in [3.63, 3.8) is 0 Å². The molecule has 0 radical (unpaired) electrons. The van der Waals surface area contributed by atoms with Crippen molar-refractivity contribution in [1.82, 2.24) is 0 Å². The van der Waals surface area contributed by atoms with Gasteiger partial charge in [-0.25, -0.2) is 0 Å². The quantitative estimate of drug-likeness (QED) is 0.646. The second-order valence-corrected chi connectivity index (χ2v) is 5.39. The van der Waals surface area contributed by atoms with Gasteiger partial charge in [-0.2, -0.15) is 0 Å². The first kappa shape index (κ1) is 11.0. The van der Waals surface area contributed by atoms with Crippen molar-refractivity contribution < 1.29 is 0 Å².